The second-order valence-corrected chi connectivity index (χ2v) is 11.5. The Morgan fingerprint density at radius 1 is 1.00 bits per heavy atom. The molecule has 210 valence electrons. The number of carbonyl (C=O) groups is 1. The van der Waals surface area contributed by atoms with Crippen LogP contribution in [-0.2, 0) is 22.9 Å². The summed E-state index contributed by atoms with van der Waals surface area (Å²) in [5, 5.41) is 4.99. The van der Waals surface area contributed by atoms with Crippen LogP contribution < -0.4 is 9.62 Å². The van der Waals surface area contributed by atoms with E-state index in [9.17, 15) is 18.0 Å². The molecule has 6 nitrogen and oxygen atoms in total. The zero-order chi connectivity index (χ0) is 29.1. The van der Waals surface area contributed by atoms with Crippen LogP contribution in [0.4, 0.5) is 24.7 Å². The van der Waals surface area contributed by atoms with Gasteiger partial charge in [-0.3, -0.25) is 4.79 Å². The number of hydrogen-bond acceptors (Lipinski definition) is 5. The Morgan fingerprint density at radius 2 is 1.73 bits per heavy atom. The van der Waals surface area contributed by atoms with Gasteiger partial charge in [0.2, 0.25) is 5.91 Å². The number of alkyl halides is 3. The number of aromatic nitrogens is 2. The van der Waals surface area contributed by atoms with Crippen molar-refractivity contribution >= 4 is 40.3 Å². The quantitative estimate of drug-likeness (QED) is 0.207. The normalized spacial score (nSPS) is 14.6. The molecule has 3 aromatic carbocycles. The number of aryl methyl sites for hydroxylation is 1. The average molecular weight is 577 g/mol. The van der Waals surface area contributed by atoms with Crippen molar-refractivity contribution in [1.29, 1.82) is 0 Å². The molecule has 0 radical (unpaired) electrons. The van der Waals surface area contributed by atoms with Gasteiger partial charge >= 0.3 is 6.18 Å². The van der Waals surface area contributed by atoms with E-state index >= 15 is 0 Å². The molecule has 1 aliphatic rings. The van der Waals surface area contributed by atoms with Crippen LogP contribution >= 0.6 is 11.9 Å². The first-order chi connectivity index (χ1) is 19.5. The maximum absolute atomic E-state index is 13.6. The molecule has 5 aromatic rings. The van der Waals surface area contributed by atoms with E-state index in [2.05, 4.69) is 9.88 Å². The molecule has 1 N–H and O–H groups in total. The molecule has 0 fully saturated rings. The van der Waals surface area contributed by atoms with Crippen molar-refractivity contribution in [2.45, 2.75) is 50.7 Å². The van der Waals surface area contributed by atoms with E-state index in [-0.39, 0.29) is 12.5 Å². The van der Waals surface area contributed by atoms with E-state index in [1.807, 2.05) is 73.1 Å². The maximum atomic E-state index is 13.6. The molecule has 0 aliphatic carbocycles. The van der Waals surface area contributed by atoms with Crippen LogP contribution in [0.15, 0.2) is 82.3 Å². The summed E-state index contributed by atoms with van der Waals surface area (Å²) < 4.78 is 51.4. The summed E-state index contributed by atoms with van der Waals surface area (Å²) >= 11 is 1.40. The van der Waals surface area contributed by atoms with E-state index in [1.54, 1.807) is 13.8 Å². The first kappa shape index (κ1) is 27.0. The molecule has 41 heavy (non-hydrogen) atoms. The highest BCUT2D eigenvalue weighted by Crippen LogP contribution is 2.45. The molecule has 1 aliphatic heterocycles. The molecule has 0 spiro atoms. The van der Waals surface area contributed by atoms with E-state index in [4.69, 9.17) is 4.52 Å². The maximum Gasteiger partial charge on any atom is 0.416 e. The summed E-state index contributed by atoms with van der Waals surface area (Å²) in [7, 11) is 0. The zero-order valence-electron chi connectivity index (χ0n) is 22.8. The minimum absolute atomic E-state index is 0.134. The number of nitrogens with one attached hydrogen (secondary N) is 1. The number of fused-ring (bicyclic) bond motifs is 2. The molecular weight excluding hydrogens is 549 g/mol. The Balaban J connectivity index is 1.40. The van der Waals surface area contributed by atoms with Crippen LogP contribution in [0.3, 0.4) is 0 Å². The molecule has 10 heteroatoms. The Bertz CT molecular complexity index is 1800. The minimum atomic E-state index is -4.51. The number of rotatable bonds is 6. The number of anilines is 2. The fraction of sp³-hybridized carbons (Fsp3) is 0.226. The number of para-hydroxylation sites is 2. The third-order valence-electron chi connectivity index (χ3n) is 7.73. The summed E-state index contributed by atoms with van der Waals surface area (Å²) in [6, 6.07) is 19.3. The van der Waals surface area contributed by atoms with Crippen molar-refractivity contribution in [3.8, 4) is 5.69 Å². The van der Waals surface area contributed by atoms with Gasteiger partial charge in [-0.25, -0.2) is 0 Å². The summed E-state index contributed by atoms with van der Waals surface area (Å²) in [5.41, 5.74) is 2.74. The smallest absolute Gasteiger partial charge is 0.359 e. The summed E-state index contributed by atoms with van der Waals surface area (Å²) in [4.78, 5) is 16.0. The standard InChI is InChI=1S/C31H27F3N4O2S/c1-18-19(2)40-35-28(18)36-41-27-12-8-7-11-25(27)37-16-20(22-9-5-6-10-24(22)37)17-38-26-15-21(31(32,33)34)13-14-23(26)30(3,4)29(38)39/h5-16H,17H2,1-4H3,(H,35,36). The van der Waals surface area contributed by atoms with Gasteiger partial charge in [0, 0.05) is 22.8 Å². The summed E-state index contributed by atoms with van der Waals surface area (Å²) in [6.07, 6.45) is -2.55. The van der Waals surface area contributed by atoms with Crippen molar-refractivity contribution in [1.82, 2.24) is 9.72 Å². The van der Waals surface area contributed by atoms with Crippen molar-refractivity contribution in [3.63, 3.8) is 0 Å². The van der Waals surface area contributed by atoms with E-state index < -0.39 is 17.2 Å². The molecule has 1 amide bonds. The van der Waals surface area contributed by atoms with Gasteiger partial charge < -0.3 is 18.7 Å². The second-order valence-electron chi connectivity index (χ2n) is 10.7. The minimum Gasteiger partial charge on any atom is -0.359 e. The van der Waals surface area contributed by atoms with Crippen LogP contribution in [0.5, 0.6) is 0 Å². The number of hydrogen-bond donors (Lipinski definition) is 1. The van der Waals surface area contributed by atoms with Gasteiger partial charge in [-0.1, -0.05) is 41.6 Å². The van der Waals surface area contributed by atoms with Crippen molar-refractivity contribution < 1.29 is 22.5 Å². The van der Waals surface area contributed by atoms with Gasteiger partial charge in [-0.05, 0) is 81.1 Å². The van der Waals surface area contributed by atoms with Gasteiger partial charge in [0.05, 0.1) is 33.6 Å². The Kier molecular flexibility index (Phi) is 6.41. The first-order valence-corrected chi connectivity index (χ1v) is 13.9. The molecule has 0 bridgehead atoms. The van der Waals surface area contributed by atoms with Crippen molar-refractivity contribution in [3.05, 3.63) is 101 Å². The van der Waals surface area contributed by atoms with Gasteiger partial charge in [-0.15, -0.1) is 0 Å². The average Bonchev–Trinajstić information content (AvgIpc) is 3.54. The van der Waals surface area contributed by atoms with Crippen LogP contribution in [0.25, 0.3) is 16.6 Å². The lowest BCUT2D eigenvalue weighted by Crippen LogP contribution is -2.35. The summed E-state index contributed by atoms with van der Waals surface area (Å²) in [5.74, 6) is 1.15. The lowest BCUT2D eigenvalue weighted by atomic mass is 9.86. The lowest BCUT2D eigenvalue weighted by Gasteiger charge is -2.20. The van der Waals surface area contributed by atoms with Crippen LogP contribution in [0.1, 0.15) is 41.9 Å². The molecule has 2 aromatic heterocycles. The topological polar surface area (TPSA) is 63.3 Å². The third kappa shape index (κ3) is 4.56. The first-order valence-electron chi connectivity index (χ1n) is 13.0. The van der Waals surface area contributed by atoms with Crippen LogP contribution in [0.2, 0.25) is 0 Å². The van der Waals surface area contributed by atoms with Gasteiger partial charge in [0.15, 0.2) is 5.82 Å². The van der Waals surface area contributed by atoms with E-state index in [1.165, 1.54) is 22.9 Å². The predicted octanol–water partition coefficient (Wildman–Crippen LogP) is 8.20. The number of nitrogens with zero attached hydrogens (tertiary/aromatic N) is 3. The Hall–Kier alpha value is -4.18. The lowest BCUT2D eigenvalue weighted by molar-refractivity contribution is -0.137. The van der Waals surface area contributed by atoms with Crippen molar-refractivity contribution in [2.24, 2.45) is 0 Å². The fourth-order valence-electron chi connectivity index (χ4n) is 5.28. The van der Waals surface area contributed by atoms with Gasteiger partial charge in [-0.2, -0.15) is 13.2 Å². The fourth-order valence-corrected chi connectivity index (χ4v) is 6.10. The van der Waals surface area contributed by atoms with Gasteiger partial charge in [0.25, 0.3) is 0 Å². The highest BCUT2D eigenvalue weighted by atomic mass is 32.2. The third-order valence-corrected chi connectivity index (χ3v) is 8.59. The number of amides is 1. The van der Waals surface area contributed by atoms with Crippen LogP contribution in [0, 0.1) is 13.8 Å². The number of carbonyl (C=O) groups excluding carboxylic acids is 1. The molecule has 6 rings (SSSR count). The monoisotopic (exact) mass is 576 g/mol. The molecule has 0 unspecified atom stereocenters. The highest BCUT2D eigenvalue weighted by molar-refractivity contribution is 8.00. The number of benzene rings is 3. The number of halogens is 3. The van der Waals surface area contributed by atoms with E-state index in [0.29, 0.717) is 17.1 Å². The molecule has 3 heterocycles. The second kappa shape index (κ2) is 9.73. The highest BCUT2D eigenvalue weighted by Gasteiger charge is 2.45. The van der Waals surface area contributed by atoms with Crippen molar-refractivity contribution in [2.75, 3.05) is 9.62 Å². The molecular formula is C31H27F3N4O2S. The molecule has 0 saturated heterocycles. The largest absolute Gasteiger partial charge is 0.416 e. The predicted molar refractivity (Wildman–Crippen MR) is 154 cm³/mol. The Morgan fingerprint density at radius 3 is 2.46 bits per heavy atom. The SMILES string of the molecule is Cc1onc(NSc2ccccc2-n2cc(CN3C(=O)C(C)(C)c4ccc(C(F)(F)F)cc43)c3ccccc32)c1C. The molecule has 0 atom stereocenters. The zero-order valence-corrected chi connectivity index (χ0v) is 23.7. The van der Waals surface area contributed by atoms with Gasteiger partial charge in [0.1, 0.15) is 5.76 Å². The molecule has 0 saturated carbocycles. The van der Waals surface area contributed by atoms with E-state index in [0.717, 1.165) is 50.5 Å². The summed E-state index contributed by atoms with van der Waals surface area (Å²) in [6.45, 7) is 7.43. The van der Waals surface area contributed by atoms with Crippen LogP contribution in [-0.4, -0.2) is 15.6 Å². The Labute approximate surface area is 239 Å².